The Morgan fingerprint density at radius 1 is 1.15 bits per heavy atom. The molecule has 9 nitrogen and oxygen atoms in total. The van der Waals surface area contributed by atoms with Gasteiger partial charge in [0.25, 0.3) is 11.8 Å². The number of carbonyl (C=O) groups excluding carboxylic acids is 3. The summed E-state index contributed by atoms with van der Waals surface area (Å²) < 4.78 is 9.06. The highest BCUT2D eigenvalue weighted by molar-refractivity contribution is 7.09. The minimum Gasteiger partial charge on any atom is -0.497 e. The van der Waals surface area contributed by atoms with Gasteiger partial charge in [-0.3, -0.25) is 19.3 Å². The number of anilines is 2. The number of nitrogens with two attached hydrogens (primary N) is 2. The number of para-hydroxylation sites is 1. The Morgan fingerprint density at radius 2 is 1.82 bits per heavy atom. The maximum atomic E-state index is 13.5. The van der Waals surface area contributed by atoms with Crippen molar-refractivity contribution < 1.29 is 19.1 Å². The van der Waals surface area contributed by atoms with Crippen LogP contribution in [0.1, 0.15) is 38.2 Å². The monoisotopic (exact) mass is 467 g/mol. The average molecular weight is 468 g/mol. The SMILES string of the molecule is COc1ccc(CNC(=O)[C@H](C)N(C(=O)c2snc(C(N)=O)c2N)c2ccccc2C)cc1. The second kappa shape index (κ2) is 10.1. The first-order valence-corrected chi connectivity index (χ1v) is 10.9. The average Bonchev–Trinajstić information content (AvgIpc) is 3.20. The van der Waals surface area contributed by atoms with Crippen molar-refractivity contribution in [1.29, 1.82) is 0 Å². The van der Waals surface area contributed by atoms with Gasteiger partial charge in [0, 0.05) is 12.2 Å². The number of aryl methyl sites for hydroxylation is 1. The molecule has 3 aromatic rings. The Labute approximate surface area is 195 Å². The van der Waals surface area contributed by atoms with Crippen LogP contribution in [-0.2, 0) is 11.3 Å². The summed E-state index contributed by atoms with van der Waals surface area (Å²) in [5.74, 6) is -1.01. The molecule has 0 bridgehead atoms. The fourth-order valence-corrected chi connectivity index (χ4v) is 4.01. The molecular formula is C23H25N5O4S. The van der Waals surface area contributed by atoms with E-state index in [1.165, 1.54) is 4.90 Å². The molecule has 0 saturated carbocycles. The van der Waals surface area contributed by atoms with E-state index in [0.29, 0.717) is 11.4 Å². The van der Waals surface area contributed by atoms with Gasteiger partial charge < -0.3 is 21.5 Å². The molecule has 2 aromatic carbocycles. The van der Waals surface area contributed by atoms with E-state index >= 15 is 0 Å². The molecule has 1 aromatic heterocycles. The van der Waals surface area contributed by atoms with E-state index in [9.17, 15) is 14.4 Å². The van der Waals surface area contributed by atoms with Gasteiger partial charge >= 0.3 is 0 Å². The molecule has 3 amide bonds. The van der Waals surface area contributed by atoms with Gasteiger partial charge in [0.05, 0.1) is 12.8 Å². The number of nitrogen functional groups attached to an aromatic ring is 1. The Hall–Kier alpha value is -3.92. The number of nitrogens with zero attached hydrogens (tertiary/aromatic N) is 2. The molecule has 172 valence electrons. The van der Waals surface area contributed by atoms with Gasteiger partial charge in [-0.05, 0) is 54.7 Å². The molecule has 0 aliphatic carbocycles. The Bertz CT molecular complexity index is 1180. The first kappa shape index (κ1) is 23.7. The van der Waals surface area contributed by atoms with Crippen LogP contribution >= 0.6 is 11.5 Å². The van der Waals surface area contributed by atoms with Crippen molar-refractivity contribution in [3.8, 4) is 5.75 Å². The third-order valence-corrected chi connectivity index (χ3v) is 5.99. The van der Waals surface area contributed by atoms with Crippen LogP contribution in [0.5, 0.6) is 5.75 Å². The second-order valence-electron chi connectivity index (χ2n) is 7.34. The summed E-state index contributed by atoms with van der Waals surface area (Å²) in [6.45, 7) is 3.74. The molecule has 5 N–H and O–H groups in total. The maximum Gasteiger partial charge on any atom is 0.272 e. The lowest BCUT2D eigenvalue weighted by Gasteiger charge is -2.29. The summed E-state index contributed by atoms with van der Waals surface area (Å²) >= 11 is 0.774. The van der Waals surface area contributed by atoms with Crippen LogP contribution in [0.4, 0.5) is 11.4 Å². The molecule has 1 atom stereocenters. The third kappa shape index (κ3) is 5.12. The molecule has 0 saturated heterocycles. The zero-order valence-electron chi connectivity index (χ0n) is 18.5. The van der Waals surface area contributed by atoms with E-state index in [4.69, 9.17) is 16.2 Å². The molecule has 0 spiro atoms. The molecule has 10 heteroatoms. The quantitative estimate of drug-likeness (QED) is 0.465. The van der Waals surface area contributed by atoms with Crippen LogP contribution in [0.2, 0.25) is 0 Å². The Balaban J connectivity index is 1.88. The minimum atomic E-state index is -0.879. The van der Waals surface area contributed by atoms with Crippen molar-refractivity contribution in [3.63, 3.8) is 0 Å². The molecule has 33 heavy (non-hydrogen) atoms. The number of nitrogens with one attached hydrogen (secondary N) is 1. The number of primary amides is 1. The van der Waals surface area contributed by atoms with Crippen LogP contribution in [0.3, 0.4) is 0 Å². The lowest BCUT2D eigenvalue weighted by atomic mass is 10.1. The number of amides is 3. The maximum absolute atomic E-state index is 13.5. The molecule has 1 heterocycles. The van der Waals surface area contributed by atoms with E-state index in [0.717, 1.165) is 22.7 Å². The van der Waals surface area contributed by atoms with Crippen molar-refractivity contribution >= 4 is 40.6 Å². The summed E-state index contributed by atoms with van der Waals surface area (Å²) in [7, 11) is 1.58. The number of hydrogen-bond donors (Lipinski definition) is 3. The molecule has 0 radical (unpaired) electrons. The number of carbonyl (C=O) groups is 3. The molecule has 0 aliphatic rings. The van der Waals surface area contributed by atoms with Crippen molar-refractivity contribution in [2.24, 2.45) is 5.73 Å². The van der Waals surface area contributed by atoms with E-state index in [1.807, 2.05) is 31.2 Å². The summed E-state index contributed by atoms with van der Waals surface area (Å²) in [5.41, 5.74) is 13.2. The highest BCUT2D eigenvalue weighted by atomic mass is 32.1. The van der Waals surface area contributed by atoms with Gasteiger partial charge in [0.2, 0.25) is 5.91 Å². The van der Waals surface area contributed by atoms with Crippen LogP contribution in [-0.4, -0.2) is 35.2 Å². The zero-order valence-corrected chi connectivity index (χ0v) is 19.3. The zero-order chi connectivity index (χ0) is 24.1. The first-order chi connectivity index (χ1) is 15.7. The molecule has 0 fully saturated rings. The van der Waals surface area contributed by atoms with Crippen LogP contribution in [0.25, 0.3) is 0 Å². The minimum absolute atomic E-state index is 0.0434. The standard InChI is InChI=1S/C23H25N5O4S/c1-13-6-4-5-7-17(13)28(23(31)20-18(24)19(21(25)29)27-33-20)14(2)22(30)26-12-15-8-10-16(32-3)11-9-15/h4-11,14H,12,24H2,1-3H3,(H2,25,29)(H,26,30)/t14-/m0/s1. The number of benzene rings is 2. The molecule has 0 unspecified atom stereocenters. The highest BCUT2D eigenvalue weighted by Gasteiger charge is 2.32. The summed E-state index contributed by atoms with van der Waals surface area (Å²) in [5, 5.41) is 2.86. The van der Waals surface area contributed by atoms with Gasteiger partial charge in [0.1, 0.15) is 16.7 Å². The van der Waals surface area contributed by atoms with Crippen LogP contribution < -0.4 is 26.4 Å². The molecular weight excluding hydrogens is 442 g/mol. The lowest BCUT2D eigenvalue weighted by Crippen LogP contribution is -2.48. The summed E-state index contributed by atoms with van der Waals surface area (Å²) in [6.07, 6.45) is 0. The fraction of sp³-hybridized carbons (Fsp3) is 0.217. The largest absolute Gasteiger partial charge is 0.497 e. The molecule has 3 rings (SSSR count). The van der Waals surface area contributed by atoms with Gasteiger partial charge in [0.15, 0.2) is 5.69 Å². The van der Waals surface area contributed by atoms with Crippen LogP contribution in [0, 0.1) is 6.92 Å². The summed E-state index contributed by atoms with van der Waals surface area (Å²) in [4.78, 5) is 39.5. The third-order valence-electron chi connectivity index (χ3n) is 5.14. The van der Waals surface area contributed by atoms with Crippen molar-refractivity contribution in [2.45, 2.75) is 26.4 Å². The van der Waals surface area contributed by atoms with Gasteiger partial charge in [-0.2, -0.15) is 4.37 Å². The number of rotatable bonds is 8. The molecule has 0 aliphatic heterocycles. The topological polar surface area (TPSA) is 141 Å². The normalized spacial score (nSPS) is 11.5. The van der Waals surface area contributed by atoms with Crippen molar-refractivity contribution in [3.05, 3.63) is 70.2 Å². The van der Waals surface area contributed by atoms with E-state index in [-0.39, 0.29) is 28.7 Å². The van der Waals surface area contributed by atoms with Crippen molar-refractivity contribution in [2.75, 3.05) is 17.7 Å². The lowest BCUT2D eigenvalue weighted by molar-refractivity contribution is -0.122. The highest BCUT2D eigenvalue weighted by Crippen LogP contribution is 2.29. The van der Waals surface area contributed by atoms with Crippen molar-refractivity contribution in [1.82, 2.24) is 9.69 Å². The van der Waals surface area contributed by atoms with E-state index in [1.54, 1.807) is 38.3 Å². The second-order valence-corrected chi connectivity index (χ2v) is 8.12. The van der Waals surface area contributed by atoms with Gasteiger partial charge in [-0.1, -0.05) is 30.3 Å². The van der Waals surface area contributed by atoms with Gasteiger partial charge in [-0.25, -0.2) is 0 Å². The fourth-order valence-electron chi connectivity index (χ4n) is 3.26. The number of hydrogen-bond acceptors (Lipinski definition) is 7. The number of ether oxygens (including phenoxy) is 1. The smallest absolute Gasteiger partial charge is 0.272 e. The predicted molar refractivity (Wildman–Crippen MR) is 127 cm³/mol. The van der Waals surface area contributed by atoms with Crippen LogP contribution in [0.15, 0.2) is 48.5 Å². The van der Waals surface area contributed by atoms with Gasteiger partial charge in [-0.15, -0.1) is 0 Å². The Morgan fingerprint density at radius 3 is 2.39 bits per heavy atom. The van der Waals surface area contributed by atoms with E-state index < -0.39 is 17.9 Å². The first-order valence-electron chi connectivity index (χ1n) is 10.1. The predicted octanol–water partition coefficient (Wildman–Crippen LogP) is 2.49. The number of aromatic nitrogens is 1. The number of methoxy groups -OCH3 is 1. The summed E-state index contributed by atoms with van der Waals surface area (Å²) in [6, 6.07) is 13.6. The Kier molecular flexibility index (Phi) is 7.29. The van der Waals surface area contributed by atoms with E-state index in [2.05, 4.69) is 9.69 Å².